The van der Waals surface area contributed by atoms with Crippen molar-refractivity contribution in [1.82, 2.24) is 5.32 Å². The van der Waals surface area contributed by atoms with Gasteiger partial charge in [-0.3, -0.25) is 10.1 Å². The first kappa shape index (κ1) is 12.1. The van der Waals surface area contributed by atoms with Gasteiger partial charge in [0.1, 0.15) is 5.69 Å². The minimum absolute atomic E-state index is 0.0310. The summed E-state index contributed by atoms with van der Waals surface area (Å²) in [6, 6.07) is 4.70. The molecule has 0 saturated carbocycles. The van der Waals surface area contributed by atoms with Gasteiger partial charge in [-0.1, -0.05) is 17.7 Å². The Labute approximate surface area is 104 Å². The van der Waals surface area contributed by atoms with E-state index < -0.39 is 4.92 Å². The van der Waals surface area contributed by atoms with Gasteiger partial charge in [-0.25, -0.2) is 0 Å². The number of halogens is 1. The fraction of sp³-hybridized carbons (Fsp3) is 0.455. The van der Waals surface area contributed by atoms with E-state index in [4.69, 9.17) is 11.6 Å². The van der Waals surface area contributed by atoms with Crippen LogP contribution >= 0.6 is 11.6 Å². The highest BCUT2D eigenvalue weighted by atomic mass is 35.5. The van der Waals surface area contributed by atoms with Gasteiger partial charge in [0.25, 0.3) is 5.69 Å². The molecule has 1 unspecified atom stereocenters. The van der Waals surface area contributed by atoms with Crippen molar-refractivity contribution in [2.75, 3.05) is 25.0 Å². The number of nitro benzene ring substituents is 1. The fourth-order valence-electron chi connectivity index (χ4n) is 1.97. The van der Waals surface area contributed by atoms with Gasteiger partial charge < -0.3 is 10.6 Å². The SMILES string of the molecule is O=[N+]([O-])c1cccc(Cl)c1NCC1CCNC1. The summed E-state index contributed by atoms with van der Waals surface area (Å²) < 4.78 is 0. The van der Waals surface area contributed by atoms with Crippen LogP contribution in [0.25, 0.3) is 0 Å². The molecule has 2 rings (SSSR count). The van der Waals surface area contributed by atoms with Gasteiger partial charge in [-0.15, -0.1) is 0 Å². The Morgan fingerprint density at radius 2 is 2.41 bits per heavy atom. The third-order valence-corrected chi connectivity index (χ3v) is 3.23. The Morgan fingerprint density at radius 1 is 1.59 bits per heavy atom. The van der Waals surface area contributed by atoms with Crippen LogP contribution in [-0.2, 0) is 0 Å². The predicted molar refractivity (Wildman–Crippen MR) is 67.6 cm³/mol. The Balaban J connectivity index is 2.10. The van der Waals surface area contributed by atoms with Gasteiger partial charge in [0.05, 0.1) is 9.95 Å². The number of nitrogens with one attached hydrogen (secondary N) is 2. The number of rotatable bonds is 4. The Morgan fingerprint density at radius 3 is 3.06 bits per heavy atom. The number of nitro groups is 1. The van der Waals surface area contributed by atoms with Gasteiger partial charge in [0, 0.05) is 12.6 Å². The number of para-hydroxylation sites is 1. The van der Waals surface area contributed by atoms with Crippen molar-refractivity contribution in [3.8, 4) is 0 Å². The highest BCUT2D eigenvalue weighted by molar-refractivity contribution is 6.33. The van der Waals surface area contributed by atoms with Crippen LogP contribution < -0.4 is 10.6 Å². The number of anilines is 1. The topological polar surface area (TPSA) is 67.2 Å². The first-order valence-electron chi connectivity index (χ1n) is 5.56. The van der Waals surface area contributed by atoms with Crippen LogP contribution in [0, 0.1) is 16.0 Å². The maximum atomic E-state index is 10.9. The molecule has 0 amide bonds. The molecule has 1 fully saturated rings. The van der Waals surface area contributed by atoms with E-state index in [0.717, 1.165) is 19.5 Å². The molecule has 2 N–H and O–H groups in total. The Kier molecular flexibility index (Phi) is 3.81. The maximum Gasteiger partial charge on any atom is 0.293 e. The molecule has 92 valence electrons. The Hall–Kier alpha value is -1.33. The molecule has 5 nitrogen and oxygen atoms in total. The lowest BCUT2D eigenvalue weighted by atomic mass is 10.1. The molecule has 1 aromatic rings. The molecule has 17 heavy (non-hydrogen) atoms. The average Bonchev–Trinajstić information content (AvgIpc) is 2.80. The highest BCUT2D eigenvalue weighted by Gasteiger charge is 2.19. The molecule has 0 radical (unpaired) electrons. The number of nitrogens with zero attached hydrogens (tertiary/aromatic N) is 1. The molecule has 0 spiro atoms. The molecule has 6 heteroatoms. The van der Waals surface area contributed by atoms with Crippen molar-refractivity contribution in [3.05, 3.63) is 33.3 Å². The average molecular weight is 256 g/mol. The molecule has 1 saturated heterocycles. The summed E-state index contributed by atoms with van der Waals surface area (Å²) in [6.07, 6.45) is 1.09. The van der Waals surface area contributed by atoms with Crippen LogP contribution in [0.15, 0.2) is 18.2 Å². The first-order valence-corrected chi connectivity index (χ1v) is 5.94. The van der Waals surface area contributed by atoms with Gasteiger partial charge in [0.2, 0.25) is 0 Å². The highest BCUT2D eigenvalue weighted by Crippen LogP contribution is 2.32. The van der Waals surface area contributed by atoms with Crippen LogP contribution in [0.5, 0.6) is 0 Å². The van der Waals surface area contributed by atoms with Crippen LogP contribution in [0.1, 0.15) is 6.42 Å². The molecule has 1 atom stereocenters. The fourth-order valence-corrected chi connectivity index (χ4v) is 2.21. The van der Waals surface area contributed by atoms with Crippen molar-refractivity contribution >= 4 is 23.0 Å². The molecule has 0 bridgehead atoms. The van der Waals surface area contributed by atoms with E-state index in [1.807, 2.05) is 0 Å². The van der Waals surface area contributed by atoms with Crippen molar-refractivity contribution < 1.29 is 4.92 Å². The summed E-state index contributed by atoms with van der Waals surface area (Å²) in [7, 11) is 0. The normalized spacial score (nSPS) is 19.2. The van der Waals surface area contributed by atoms with E-state index in [1.54, 1.807) is 12.1 Å². The van der Waals surface area contributed by atoms with E-state index >= 15 is 0 Å². The maximum absolute atomic E-state index is 10.9. The van der Waals surface area contributed by atoms with Crippen LogP contribution in [0.3, 0.4) is 0 Å². The van der Waals surface area contributed by atoms with Crippen molar-refractivity contribution in [1.29, 1.82) is 0 Å². The van der Waals surface area contributed by atoms with E-state index in [9.17, 15) is 10.1 Å². The van der Waals surface area contributed by atoms with Gasteiger partial charge >= 0.3 is 0 Å². The lowest BCUT2D eigenvalue weighted by Crippen LogP contribution is -2.17. The van der Waals surface area contributed by atoms with Gasteiger partial charge in [-0.05, 0) is 31.5 Å². The van der Waals surface area contributed by atoms with Gasteiger partial charge in [-0.2, -0.15) is 0 Å². The smallest absolute Gasteiger partial charge is 0.293 e. The molecule has 1 aliphatic heterocycles. The van der Waals surface area contributed by atoms with Crippen molar-refractivity contribution in [3.63, 3.8) is 0 Å². The largest absolute Gasteiger partial charge is 0.378 e. The molecule has 0 aliphatic carbocycles. The van der Waals surface area contributed by atoms with Crippen LogP contribution in [0.4, 0.5) is 11.4 Å². The monoisotopic (exact) mass is 255 g/mol. The summed E-state index contributed by atoms with van der Waals surface area (Å²) in [4.78, 5) is 10.4. The van der Waals surface area contributed by atoms with Gasteiger partial charge in [0.15, 0.2) is 0 Å². The predicted octanol–water partition coefficient (Wildman–Crippen LogP) is 2.27. The quantitative estimate of drug-likeness (QED) is 0.640. The summed E-state index contributed by atoms with van der Waals surface area (Å²) in [6.45, 7) is 2.67. The standard InChI is InChI=1S/C11H14ClN3O2/c12-9-2-1-3-10(15(16)17)11(9)14-7-8-4-5-13-6-8/h1-3,8,13-14H,4-7H2. The molecule has 0 aromatic heterocycles. The summed E-state index contributed by atoms with van der Waals surface area (Å²) in [5.41, 5.74) is 0.453. The second-order valence-electron chi connectivity index (χ2n) is 4.13. The Bertz CT molecular complexity index is 419. The zero-order chi connectivity index (χ0) is 12.3. The number of hydrogen-bond acceptors (Lipinski definition) is 4. The second kappa shape index (κ2) is 5.33. The molecular formula is C11H14ClN3O2. The molecule has 1 heterocycles. The first-order chi connectivity index (χ1) is 8.18. The summed E-state index contributed by atoms with van der Waals surface area (Å²) in [5.74, 6) is 0.505. The van der Waals surface area contributed by atoms with E-state index in [1.165, 1.54) is 6.07 Å². The summed E-state index contributed by atoms with van der Waals surface area (Å²) >= 11 is 5.98. The summed E-state index contributed by atoms with van der Waals surface area (Å²) in [5, 5.41) is 17.6. The zero-order valence-corrected chi connectivity index (χ0v) is 10.0. The second-order valence-corrected chi connectivity index (χ2v) is 4.54. The lowest BCUT2D eigenvalue weighted by Gasteiger charge is -2.12. The van der Waals surface area contributed by atoms with Crippen LogP contribution in [-0.4, -0.2) is 24.6 Å². The van der Waals surface area contributed by atoms with Crippen molar-refractivity contribution in [2.24, 2.45) is 5.92 Å². The van der Waals surface area contributed by atoms with Crippen molar-refractivity contribution in [2.45, 2.75) is 6.42 Å². The minimum Gasteiger partial charge on any atom is -0.378 e. The number of hydrogen-bond donors (Lipinski definition) is 2. The van der Waals surface area contributed by atoms with E-state index in [2.05, 4.69) is 10.6 Å². The zero-order valence-electron chi connectivity index (χ0n) is 9.28. The van der Waals surface area contributed by atoms with E-state index in [0.29, 0.717) is 23.2 Å². The van der Waals surface area contributed by atoms with Crippen LogP contribution in [0.2, 0.25) is 5.02 Å². The third kappa shape index (κ3) is 2.87. The van der Waals surface area contributed by atoms with E-state index in [-0.39, 0.29) is 5.69 Å². The third-order valence-electron chi connectivity index (χ3n) is 2.92. The minimum atomic E-state index is -0.416. The molecular weight excluding hydrogens is 242 g/mol. The molecule has 1 aromatic carbocycles. The molecule has 1 aliphatic rings. The number of benzene rings is 1. The lowest BCUT2D eigenvalue weighted by molar-refractivity contribution is -0.383.